The maximum absolute atomic E-state index is 13.1. The molecule has 1 aliphatic rings. The number of para-hydroxylation sites is 1. The Morgan fingerprint density at radius 2 is 2.00 bits per heavy atom. The fourth-order valence-corrected chi connectivity index (χ4v) is 3.63. The molecule has 156 valence electrons. The van der Waals surface area contributed by atoms with Crippen molar-refractivity contribution >= 4 is 17.7 Å². The summed E-state index contributed by atoms with van der Waals surface area (Å²) in [7, 11) is 1.84. The first-order chi connectivity index (χ1) is 13.6. The van der Waals surface area contributed by atoms with Gasteiger partial charge in [0.05, 0.1) is 6.54 Å². The number of hydrogen-bond donors (Lipinski definition) is 1. The maximum atomic E-state index is 13.1. The smallest absolute Gasteiger partial charge is 0.410 e. The maximum Gasteiger partial charge on any atom is 0.410 e. The number of nitrogens with zero attached hydrogens (tertiary/aromatic N) is 3. The molecule has 1 aromatic heterocycles. The van der Waals surface area contributed by atoms with Gasteiger partial charge in [-0.25, -0.2) is 4.79 Å². The molecule has 29 heavy (non-hydrogen) atoms. The first-order valence-electron chi connectivity index (χ1n) is 10.0. The highest BCUT2D eigenvalue weighted by molar-refractivity contribution is 6.05. The van der Waals surface area contributed by atoms with E-state index in [1.807, 2.05) is 52.9 Å². The molecule has 0 saturated carbocycles. The number of amides is 2. The predicted octanol–water partition coefficient (Wildman–Crippen LogP) is 3.84. The van der Waals surface area contributed by atoms with E-state index in [-0.39, 0.29) is 12.0 Å². The highest BCUT2D eigenvalue weighted by Crippen LogP contribution is 2.26. The molecule has 1 N–H and O–H groups in total. The Morgan fingerprint density at radius 1 is 1.28 bits per heavy atom. The van der Waals surface area contributed by atoms with E-state index in [2.05, 4.69) is 17.3 Å². The molecule has 2 amide bonds. The fraction of sp³-hybridized carbons (Fsp3) is 0.500. The van der Waals surface area contributed by atoms with Crippen LogP contribution in [0.4, 0.5) is 10.5 Å². The van der Waals surface area contributed by atoms with Crippen molar-refractivity contribution < 1.29 is 14.3 Å². The number of hydrogen-bond acceptors (Lipinski definition) is 4. The zero-order valence-electron chi connectivity index (χ0n) is 18.1. The second-order valence-electron chi connectivity index (χ2n) is 8.47. The molecule has 0 saturated heterocycles. The van der Waals surface area contributed by atoms with Gasteiger partial charge in [0.15, 0.2) is 5.69 Å². The van der Waals surface area contributed by atoms with Gasteiger partial charge in [-0.05, 0) is 45.2 Å². The van der Waals surface area contributed by atoms with Crippen LogP contribution in [0, 0.1) is 6.92 Å². The monoisotopic (exact) mass is 398 g/mol. The summed E-state index contributed by atoms with van der Waals surface area (Å²) in [6.07, 6.45) is 1.09. The van der Waals surface area contributed by atoms with Gasteiger partial charge in [0.2, 0.25) is 0 Å². The van der Waals surface area contributed by atoms with Crippen LogP contribution in [0.25, 0.3) is 0 Å². The molecular formula is C22H30N4O3. The quantitative estimate of drug-likeness (QED) is 0.852. The Hall–Kier alpha value is -2.83. The first-order valence-corrected chi connectivity index (χ1v) is 10.0. The summed E-state index contributed by atoms with van der Waals surface area (Å²) in [5, 5.41) is 7.51. The van der Waals surface area contributed by atoms with Gasteiger partial charge in [0.25, 0.3) is 5.91 Å². The lowest BCUT2D eigenvalue weighted by atomic mass is 10.0. The Kier molecular flexibility index (Phi) is 5.68. The van der Waals surface area contributed by atoms with E-state index >= 15 is 0 Å². The summed E-state index contributed by atoms with van der Waals surface area (Å²) in [5.41, 5.74) is 4.49. The number of fused-ring (bicyclic) bond motifs is 1. The van der Waals surface area contributed by atoms with E-state index in [0.717, 1.165) is 34.5 Å². The Morgan fingerprint density at radius 3 is 2.66 bits per heavy atom. The number of aromatic nitrogens is 2. The van der Waals surface area contributed by atoms with E-state index < -0.39 is 5.60 Å². The van der Waals surface area contributed by atoms with Gasteiger partial charge in [-0.2, -0.15) is 5.10 Å². The van der Waals surface area contributed by atoms with Crippen LogP contribution in [-0.2, 0) is 31.2 Å². The molecule has 0 fully saturated rings. The molecule has 2 aromatic rings. The fourth-order valence-electron chi connectivity index (χ4n) is 3.63. The molecule has 0 aliphatic carbocycles. The zero-order chi connectivity index (χ0) is 21.3. The highest BCUT2D eigenvalue weighted by Gasteiger charge is 2.31. The second-order valence-corrected chi connectivity index (χ2v) is 8.47. The zero-order valence-corrected chi connectivity index (χ0v) is 18.1. The molecule has 0 spiro atoms. The van der Waals surface area contributed by atoms with Gasteiger partial charge in [-0.1, -0.05) is 25.1 Å². The van der Waals surface area contributed by atoms with Gasteiger partial charge in [-0.3, -0.25) is 9.48 Å². The summed E-state index contributed by atoms with van der Waals surface area (Å²) < 4.78 is 7.25. The molecule has 0 radical (unpaired) electrons. The largest absolute Gasteiger partial charge is 0.444 e. The van der Waals surface area contributed by atoms with E-state index in [4.69, 9.17) is 4.74 Å². The molecular weight excluding hydrogens is 368 g/mol. The van der Waals surface area contributed by atoms with Crippen molar-refractivity contribution in [3.63, 3.8) is 0 Å². The van der Waals surface area contributed by atoms with Crippen LogP contribution in [0.3, 0.4) is 0 Å². The van der Waals surface area contributed by atoms with Gasteiger partial charge >= 0.3 is 6.09 Å². The van der Waals surface area contributed by atoms with Crippen molar-refractivity contribution in [3.8, 4) is 0 Å². The summed E-state index contributed by atoms with van der Waals surface area (Å²) in [6, 6.07) is 5.98. The van der Waals surface area contributed by atoms with Crippen LogP contribution in [0.15, 0.2) is 18.2 Å². The molecule has 3 rings (SSSR count). The third-order valence-corrected chi connectivity index (χ3v) is 5.09. The molecule has 0 bridgehead atoms. The van der Waals surface area contributed by atoms with Gasteiger partial charge in [-0.15, -0.1) is 0 Å². The van der Waals surface area contributed by atoms with Gasteiger partial charge in [0.1, 0.15) is 5.60 Å². The number of aryl methyl sites for hydroxylation is 3. The number of anilines is 1. The van der Waals surface area contributed by atoms with E-state index in [0.29, 0.717) is 25.2 Å². The lowest BCUT2D eigenvalue weighted by Gasteiger charge is -2.30. The minimum absolute atomic E-state index is 0.253. The second kappa shape index (κ2) is 7.89. The summed E-state index contributed by atoms with van der Waals surface area (Å²) in [5.74, 6) is -0.253. The van der Waals surface area contributed by atoms with Crippen LogP contribution in [0.2, 0.25) is 0 Å². The average molecular weight is 399 g/mol. The number of rotatable bonds is 3. The lowest BCUT2D eigenvalue weighted by Crippen LogP contribution is -2.40. The summed E-state index contributed by atoms with van der Waals surface area (Å²) in [6.45, 7) is 10.4. The Labute approximate surface area is 172 Å². The van der Waals surface area contributed by atoms with Gasteiger partial charge < -0.3 is 15.0 Å². The van der Waals surface area contributed by atoms with Crippen LogP contribution >= 0.6 is 0 Å². The lowest BCUT2D eigenvalue weighted by molar-refractivity contribution is 0.0222. The van der Waals surface area contributed by atoms with Crippen molar-refractivity contribution in [1.29, 1.82) is 0 Å². The topological polar surface area (TPSA) is 76.5 Å². The van der Waals surface area contributed by atoms with Crippen molar-refractivity contribution in [1.82, 2.24) is 14.7 Å². The Balaban J connectivity index is 1.86. The molecule has 1 aromatic carbocycles. The molecule has 0 unspecified atom stereocenters. The minimum atomic E-state index is -0.562. The average Bonchev–Trinajstić information content (AvgIpc) is 2.98. The third kappa shape index (κ3) is 4.44. The number of benzene rings is 1. The van der Waals surface area contributed by atoms with Gasteiger partial charge in [0, 0.05) is 37.0 Å². The molecule has 2 heterocycles. The van der Waals surface area contributed by atoms with E-state index in [1.165, 1.54) is 0 Å². The van der Waals surface area contributed by atoms with Crippen molar-refractivity contribution in [2.45, 2.75) is 59.6 Å². The van der Waals surface area contributed by atoms with Crippen molar-refractivity contribution in [3.05, 3.63) is 46.3 Å². The predicted molar refractivity (Wildman–Crippen MR) is 112 cm³/mol. The minimum Gasteiger partial charge on any atom is -0.444 e. The summed E-state index contributed by atoms with van der Waals surface area (Å²) in [4.78, 5) is 27.2. The van der Waals surface area contributed by atoms with Crippen molar-refractivity contribution in [2.24, 2.45) is 7.05 Å². The molecule has 7 heteroatoms. The molecule has 7 nitrogen and oxygen atoms in total. The van der Waals surface area contributed by atoms with E-state index in [1.54, 1.807) is 9.58 Å². The van der Waals surface area contributed by atoms with Crippen LogP contribution < -0.4 is 5.32 Å². The first kappa shape index (κ1) is 20.9. The summed E-state index contributed by atoms with van der Waals surface area (Å²) >= 11 is 0. The normalized spacial score (nSPS) is 13.8. The number of nitrogens with one attached hydrogen (secondary N) is 1. The molecule has 0 atom stereocenters. The van der Waals surface area contributed by atoms with Crippen molar-refractivity contribution in [2.75, 3.05) is 11.9 Å². The molecule has 1 aliphatic heterocycles. The SMILES string of the molecule is CCc1cccc(C)c1NC(=O)c1nn(C)c2c1CN(C(=O)OC(C)(C)C)CC2. The van der Waals surface area contributed by atoms with E-state index in [9.17, 15) is 9.59 Å². The number of carbonyl (C=O) groups is 2. The number of ether oxygens (including phenoxy) is 1. The third-order valence-electron chi connectivity index (χ3n) is 5.09. The van der Waals surface area contributed by atoms with Crippen LogP contribution in [0.5, 0.6) is 0 Å². The van der Waals surface area contributed by atoms with Crippen LogP contribution in [0.1, 0.15) is 60.6 Å². The Bertz CT molecular complexity index is 940. The van der Waals surface area contributed by atoms with Crippen LogP contribution in [-0.4, -0.2) is 38.8 Å². The highest BCUT2D eigenvalue weighted by atomic mass is 16.6. The number of carbonyl (C=O) groups excluding carboxylic acids is 2. The standard InChI is InChI=1S/C22H30N4O3/c1-7-15-10-8-9-14(2)18(15)23-20(27)19-16-13-26(21(28)29-22(3,4)5)12-11-17(16)25(6)24-19/h8-10H,7,11-13H2,1-6H3,(H,23,27).